The number of halogens is 3. The van der Waals surface area contributed by atoms with Crippen molar-refractivity contribution in [1.29, 1.82) is 0 Å². The van der Waals surface area contributed by atoms with Crippen LogP contribution in [-0.4, -0.2) is 27.3 Å². The van der Waals surface area contributed by atoms with Crippen LogP contribution >= 0.6 is 48.2 Å². The van der Waals surface area contributed by atoms with E-state index in [-0.39, 0.29) is 42.1 Å². The van der Waals surface area contributed by atoms with Gasteiger partial charge in [0.25, 0.3) is 0 Å². The first-order valence-electron chi connectivity index (χ1n) is 7.31. The van der Waals surface area contributed by atoms with Gasteiger partial charge < -0.3 is 0 Å². The summed E-state index contributed by atoms with van der Waals surface area (Å²) in [6, 6.07) is 11.2. The third-order valence-corrected chi connectivity index (χ3v) is 5.58. The van der Waals surface area contributed by atoms with E-state index in [4.69, 9.17) is 11.6 Å². The van der Waals surface area contributed by atoms with E-state index in [1.165, 1.54) is 0 Å². The van der Waals surface area contributed by atoms with Crippen LogP contribution in [0.25, 0.3) is 10.9 Å². The van der Waals surface area contributed by atoms with Crippen LogP contribution < -0.4 is 5.32 Å². The molecule has 0 amide bonds. The van der Waals surface area contributed by atoms with Gasteiger partial charge in [0, 0.05) is 34.8 Å². The first-order chi connectivity index (χ1) is 11.2. The van der Waals surface area contributed by atoms with Crippen molar-refractivity contribution in [3.8, 4) is 0 Å². The van der Waals surface area contributed by atoms with E-state index in [1.54, 1.807) is 28.7 Å². The van der Waals surface area contributed by atoms with Crippen LogP contribution in [0.5, 0.6) is 0 Å². The first-order valence-corrected chi connectivity index (χ1v) is 8.74. The van der Waals surface area contributed by atoms with E-state index in [0.717, 1.165) is 22.2 Å². The minimum Gasteiger partial charge on any atom is -0.290 e. The van der Waals surface area contributed by atoms with Gasteiger partial charge in [-0.25, -0.2) is 0 Å². The van der Waals surface area contributed by atoms with Gasteiger partial charge in [0.2, 0.25) is 5.91 Å². The molecule has 4 nitrogen and oxygen atoms in total. The van der Waals surface area contributed by atoms with Crippen molar-refractivity contribution >= 4 is 65.0 Å². The Morgan fingerprint density at radius 3 is 2.84 bits per heavy atom. The van der Waals surface area contributed by atoms with Crippen LogP contribution in [-0.2, 0) is 0 Å². The molecule has 25 heavy (non-hydrogen) atoms. The highest BCUT2D eigenvalue weighted by Gasteiger charge is 2.31. The van der Waals surface area contributed by atoms with Crippen molar-refractivity contribution in [2.45, 2.75) is 11.4 Å². The van der Waals surface area contributed by atoms with E-state index in [0.29, 0.717) is 5.02 Å². The predicted octanol–water partition coefficient (Wildman–Crippen LogP) is 4.58. The van der Waals surface area contributed by atoms with Crippen LogP contribution in [0.15, 0.2) is 55.0 Å². The molecule has 3 heterocycles. The Labute approximate surface area is 167 Å². The van der Waals surface area contributed by atoms with Gasteiger partial charge in [0.15, 0.2) is 0 Å². The molecule has 0 spiro atoms. The second kappa shape index (κ2) is 8.43. The van der Waals surface area contributed by atoms with Crippen molar-refractivity contribution in [2.75, 3.05) is 5.75 Å². The van der Waals surface area contributed by atoms with Crippen molar-refractivity contribution in [2.24, 2.45) is 0 Å². The van der Waals surface area contributed by atoms with Gasteiger partial charge in [-0.1, -0.05) is 23.7 Å². The molecule has 0 radical (unpaired) electrons. The monoisotopic (exact) mass is 415 g/mol. The minimum atomic E-state index is -0.222. The van der Waals surface area contributed by atoms with Crippen molar-refractivity contribution < 1.29 is 4.79 Å². The zero-order valence-electron chi connectivity index (χ0n) is 13.0. The predicted molar refractivity (Wildman–Crippen MR) is 108 cm³/mol. The number of nitrogens with zero attached hydrogens (tertiary/aromatic N) is 2. The van der Waals surface area contributed by atoms with Crippen LogP contribution in [0.2, 0.25) is 5.02 Å². The summed E-state index contributed by atoms with van der Waals surface area (Å²) in [4.78, 5) is 17.0. The fraction of sp³-hybridized carbons (Fsp3) is 0.176. The molecule has 0 bridgehead atoms. The lowest BCUT2D eigenvalue weighted by atomic mass is 10.2. The van der Waals surface area contributed by atoms with Crippen molar-refractivity contribution in [3.63, 3.8) is 0 Å². The molecule has 4 rings (SSSR count). The summed E-state index contributed by atoms with van der Waals surface area (Å²) >= 11 is 7.91. The molecule has 2 aromatic heterocycles. The Kier molecular flexibility index (Phi) is 6.77. The van der Waals surface area contributed by atoms with Crippen molar-refractivity contribution in [1.82, 2.24) is 14.9 Å². The number of rotatable bonds is 2. The van der Waals surface area contributed by atoms with E-state index >= 15 is 0 Å². The fourth-order valence-corrected chi connectivity index (χ4v) is 4.28. The second-order valence-corrected chi connectivity index (χ2v) is 6.96. The number of hydrogen-bond donors (Lipinski definition) is 1. The first kappa shape index (κ1) is 20.1. The maximum Gasteiger partial charge on any atom is 0.249 e. The highest BCUT2D eigenvalue weighted by molar-refractivity contribution is 7.99. The highest BCUT2D eigenvalue weighted by Crippen LogP contribution is 2.33. The van der Waals surface area contributed by atoms with Crippen molar-refractivity contribution in [3.05, 3.63) is 65.6 Å². The molecule has 1 aliphatic rings. The van der Waals surface area contributed by atoms with Gasteiger partial charge >= 0.3 is 0 Å². The van der Waals surface area contributed by atoms with Gasteiger partial charge in [-0.15, -0.1) is 36.6 Å². The van der Waals surface area contributed by atoms with Crippen LogP contribution in [0.4, 0.5) is 0 Å². The standard InChI is InChI=1S/C17H14ClN3OS.2ClH/c18-13-4-1-5-15-12(13)6-8-21(15)17(22)14-10-23-16(20-14)11-3-2-7-19-9-11;;/h1-9,14,16,20H,10H2;2*1H. The third kappa shape index (κ3) is 3.81. The lowest BCUT2D eigenvalue weighted by Crippen LogP contribution is -2.37. The number of pyridine rings is 1. The van der Waals surface area contributed by atoms with Crippen LogP contribution in [0.1, 0.15) is 15.7 Å². The van der Waals surface area contributed by atoms with E-state index < -0.39 is 0 Å². The normalized spacial score (nSPS) is 19.2. The Balaban J connectivity index is 0.00000113. The van der Waals surface area contributed by atoms with E-state index in [1.807, 2.05) is 42.6 Å². The third-order valence-electron chi connectivity index (χ3n) is 3.98. The Morgan fingerprint density at radius 2 is 2.08 bits per heavy atom. The number of aromatic nitrogens is 2. The van der Waals surface area contributed by atoms with Gasteiger partial charge in [0.1, 0.15) is 0 Å². The zero-order valence-corrected chi connectivity index (χ0v) is 16.2. The quantitative estimate of drug-likeness (QED) is 0.664. The molecular weight excluding hydrogens is 401 g/mol. The summed E-state index contributed by atoms with van der Waals surface area (Å²) in [7, 11) is 0. The molecule has 132 valence electrons. The summed E-state index contributed by atoms with van der Waals surface area (Å²) in [5.41, 5.74) is 1.94. The van der Waals surface area contributed by atoms with Gasteiger partial charge in [0.05, 0.1) is 16.9 Å². The molecule has 2 atom stereocenters. The molecule has 1 fully saturated rings. The molecule has 8 heteroatoms. The van der Waals surface area contributed by atoms with E-state index in [9.17, 15) is 4.79 Å². The molecule has 1 aliphatic heterocycles. The van der Waals surface area contributed by atoms with Crippen LogP contribution in [0.3, 0.4) is 0 Å². The maximum absolute atomic E-state index is 12.8. The molecule has 1 N–H and O–H groups in total. The number of fused-ring (bicyclic) bond motifs is 1. The van der Waals surface area contributed by atoms with Crippen LogP contribution in [0, 0.1) is 0 Å². The number of carbonyl (C=O) groups is 1. The fourth-order valence-electron chi connectivity index (χ4n) is 2.83. The summed E-state index contributed by atoms with van der Waals surface area (Å²) in [5, 5.41) is 5.06. The Bertz CT molecular complexity index is 872. The number of nitrogens with one attached hydrogen (secondary N) is 1. The van der Waals surface area contributed by atoms with E-state index in [2.05, 4.69) is 10.3 Å². The van der Waals surface area contributed by atoms with Gasteiger partial charge in [-0.2, -0.15) is 0 Å². The van der Waals surface area contributed by atoms with Gasteiger partial charge in [-0.05, 0) is 29.8 Å². The molecule has 1 saturated heterocycles. The molecule has 0 saturated carbocycles. The molecule has 0 aliphatic carbocycles. The number of benzene rings is 1. The largest absolute Gasteiger partial charge is 0.290 e. The number of hydrogen-bond acceptors (Lipinski definition) is 4. The average Bonchev–Trinajstić information content (AvgIpc) is 3.23. The second-order valence-electron chi connectivity index (χ2n) is 5.42. The molecule has 3 aromatic rings. The lowest BCUT2D eigenvalue weighted by molar-refractivity contribution is 0.0879. The summed E-state index contributed by atoms with van der Waals surface area (Å²) in [6.45, 7) is 0. The Morgan fingerprint density at radius 1 is 1.24 bits per heavy atom. The molecular formula is C17H16Cl3N3OS. The SMILES string of the molecule is Cl.Cl.O=C(C1CSC(c2cccnc2)N1)n1ccc2c(Cl)cccc21. The average molecular weight is 417 g/mol. The topological polar surface area (TPSA) is 46.9 Å². The summed E-state index contributed by atoms with van der Waals surface area (Å²) < 4.78 is 1.69. The minimum absolute atomic E-state index is 0. The molecule has 1 aromatic carbocycles. The smallest absolute Gasteiger partial charge is 0.249 e. The highest BCUT2D eigenvalue weighted by atomic mass is 35.5. The molecule has 2 unspecified atom stereocenters. The maximum atomic E-state index is 12.8. The number of thioether (sulfide) groups is 1. The summed E-state index contributed by atoms with van der Waals surface area (Å²) in [5.74, 6) is 0.777. The summed E-state index contributed by atoms with van der Waals surface area (Å²) in [6.07, 6.45) is 5.38. The number of carbonyl (C=O) groups excluding carboxylic acids is 1. The Hall–Kier alpha value is -1.24. The van der Waals surface area contributed by atoms with Gasteiger partial charge in [-0.3, -0.25) is 19.7 Å². The lowest BCUT2D eigenvalue weighted by Gasteiger charge is -2.13. The zero-order chi connectivity index (χ0) is 15.8.